The van der Waals surface area contributed by atoms with Crippen LogP contribution in [-0.2, 0) is 6.42 Å². The number of hydrogen-bond acceptors (Lipinski definition) is 4. The third kappa shape index (κ3) is 3.02. The molecule has 2 aromatic heterocycles. The zero-order chi connectivity index (χ0) is 18.9. The Balaban J connectivity index is 1.61. The zero-order valence-electron chi connectivity index (χ0n) is 15.6. The molecule has 3 aromatic rings. The van der Waals surface area contributed by atoms with E-state index >= 15 is 0 Å². The highest BCUT2D eigenvalue weighted by atomic mass is 16.4. The number of pyridine rings is 1. The van der Waals surface area contributed by atoms with Gasteiger partial charge in [0.1, 0.15) is 11.5 Å². The van der Waals surface area contributed by atoms with E-state index in [2.05, 4.69) is 33.7 Å². The van der Waals surface area contributed by atoms with Gasteiger partial charge in [-0.2, -0.15) is 0 Å². The molecule has 0 amide bonds. The van der Waals surface area contributed by atoms with Crippen LogP contribution < -0.4 is 5.32 Å². The van der Waals surface area contributed by atoms with Gasteiger partial charge in [0.2, 0.25) is 0 Å². The first-order chi connectivity index (χ1) is 13.8. The molecule has 141 valence electrons. The first kappa shape index (κ1) is 17.2. The van der Waals surface area contributed by atoms with Crippen molar-refractivity contribution in [1.29, 1.82) is 0 Å². The van der Waals surface area contributed by atoms with Crippen LogP contribution in [-0.4, -0.2) is 29.0 Å². The number of nitrogens with zero attached hydrogens (tertiary/aromatic N) is 3. The van der Waals surface area contributed by atoms with Gasteiger partial charge in [0.15, 0.2) is 0 Å². The lowest BCUT2D eigenvalue weighted by molar-refractivity contribution is 0.318. The van der Waals surface area contributed by atoms with Crippen molar-refractivity contribution in [2.45, 2.75) is 31.6 Å². The Hall–Kier alpha value is -2.92. The molecule has 0 spiro atoms. The molecule has 1 saturated heterocycles. The second kappa shape index (κ2) is 7.24. The number of piperidine rings is 1. The number of rotatable bonds is 3. The van der Waals surface area contributed by atoms with E-state index in [1.165, 1.54) is 5.56 Å². The number of benzene rings is 1. The average Bonchev–Trinajstić information content (AvgIpc) is 3.39. The van der Waals surface area contributed by atoms with Crippen LogP contribution in [0, 0.1) is 0 Å². The van der Waals surface area contributed by atoms with Gasteiger partial charge in [-0.3, -0.25) is 4.98 Å². The lowest BCUT2D eigenvalue weighted by Crippen LogP contribution is -2.20. The molecular weight excluding hydrogens is 350 g/mol. The van der Waals surface area contributed by atoms with Crippen LogP contribution in [0.3, 0.4) is 0 Å². The SMILES string of the molecule is O/N=C1/CCc2cc(-c3oc(C4CC[N]CC4)cc3-c3ccncc3)ccc21. The van der Waals surface area contributed by atoms with Crippen LogP contribution in [0.15, 0.2) is 58.4 Å². The van der Waals surface area contributed by atoms with E-state index in [0.717, 1.165) is 78.3 Å². The van der Waals surface area contributed by atoms with Crippen LogP contribution in [0.1, 0.15) is 42.1 Å². The van der Waals surface area contributed by atoms with Crippen LogP contribution in [0.4, 0.5) is 0 Å². The molecule has 5 nitrogen and oxygen atoms in total. The molecule has 2 aliphatic rings. The van der Waals surface area contributed by atoms with Crippen LogP contribution in [0.25, 0.3) is 22.5 Å². The molecule has 28 heavy (non-hydrogen) atoms. The van der Waals surface area contributed by atoms with Gasteiger partial charge in [-0.25, -0.2) is 5.32 Å². The lowest BCUT2D eigenvalue weighted by Gasteiger charge is -2.19. The number of oxime groups is 1. The van der Waals surface area contributed by atoms with Gasteiger partial charge in [-0.15, -0.1) is 0 Å². The molecule has 0 saturated carbocycles. The molecule has 1 fully saturated rings. The highest BCUT2D eigenvalue weighted by Crippen LogP contribution is 2.40. The van der Waals surface area contributed by atoms with Gasteiger partial charge in [-0.1, -0.05) is 17.3 Å². The molecule has 3 heterocycles. The van der Waals surface area contributed by atoms with Gasteiger partial charge in [0.25, 0.3) is 0 Å². The Morgan fingerprint density at radius 1 is 0.929 bits per heavy atom. The Kier molecular flexibility index (Phi) is 4.45. The van der Waals surface area contributed by atoms with Gasteiger partial charge in [-0.05, 0) is 61.1 Å². The number of fused-ring (bicyclic) bond motifs is 1. The van der Waals surface area contributed by atoms with E-state index in [1.807, 2.05) is 30.6 Å². The van der Waals surface area contributed by atoms with E-state index in [4.69, 9.17) is 4.42 Å². The minimum atomic E-state index is 0.425. The zero-order valence-corrected chi connectivity index (χ0v) is 15.6. The summed E-state index contributed by atoms with van der Waals surface area (Å²) in [4.78, 5) is 4.16. The first-order valence-electron chi connectivity index (χ1n) is 9.85. The number of furan rings is 1. The predicted molar refractivity (Wildman–Crippen MR) is 108 cm³/mol. The smallest absolute Gasteiger partial charge is 0.142 e. The average molecular weight is 372 g/mol. The fourth-order valence-corrected chi connectivity index (χ4v) is 4.32. The first-order valence-corrected chi connectivity index (χ1v) is 9.85. The van der Waals surface area contributed by atoms with Gasteiger partial charge in [0.05, 0.1) is 5.71 Å². The highest BCUT2D eigenvalue weighted by Gasteiger charge is 2.25. The summed E-state index contributed by atoms with van der Waals surface area (Å²) >= 11 is 0. The summed E-state index contributed by atoms with van der Waals surface area (Å²) in [6.07, 6.45) is 7.40. The van der Waals surface area contributed by atoms with Crippen molar-refractivity contribution in [2.75, 3.05) is 13.1 Å². The van der Waals surface area contributed by atoms with Crippen molar-refractivity contribution in [3.05, 3.63) is 65.7 Å². The minimum Gasteiger partial charge on any atom is -0.460 e. The summed E-state index contributed by atoms with van der Waals surface area (Å²) in [5.74, 6) is 2.38. The highest BCUT2D eigenvalue weighted by molar-refractivity contribution is 6.04. The van der Waals surface area contributed by atoms with Crippen molar-refractivity contribution < 1.29 is 9.62 Å². The third-order valence-electron chi connectivity index (χ3n) is 5.85. The molecular formula is C23H22N3O2. The summed E-state index contributed by atoms with van der Waals surface area (Å²) in [6.45, 7) is 1.82. The standard InChI is InChI=1S/C23H22N3O2/c27-26-21-4-2-17-13-18(1-3-19(17)21)23-20(15-5-9-24-10-6-15)14-22(28-23)16-7-11-25-12-8-16/h1,3,5-6,9-10,13-14,16,27H,2,4,7-8,11-12H2/b26-21-. The predicted octanol–water partition coefficient (Wildman–Crippen LogP) is 4.61. The molecule has 1 aliphatic carbocycles. The Bertz CT molecular complexity index is 1020. The second-order valence-corrected chi connectivity index (χ2v) is 7.49. The quantitative estimate of drug-likeness (QED) is 0.539. The van der Waals surface area contributed by atoms with Crippen molar-refractivity contribution >= 4 is 5.71 Å². The van der Waals surface area contributed by atoms with Crippen molar-refractivity contribution in [1.82, 2.24) is 10.3 Å². The summed E-state index contributed by atoms with van der Waals surface area (Å²) < 4.78 is 6.47. The molecule has 1 aromatic carbocycles. The summed E-state index contributed by atoms with van der Waals surface area (Å²) in [5.41, 5.74) is 6.30. The van der Waals surface area contributed by atoms with Crippen LogP contribution in [0.5, 0.6) is 0 Å². The fraction of sp³-hybridized carbons (Fsp3) is 0.304. The third-order valence-corrected chi connectivity index (χ3v) is 5.85. The van der Waals surface area contributed by atoms with Gasteiger partial charge in [0, 0.05) is 48.1 Å². The van der Waals surface area contributed by atoms with Crippen molar-refractivity contribution in [3.63, 3.8) is 0 Å². The second-order valence-electron chi connectivity index (χ2n) is 7.49. The number of hydrogen-bond donors (Lipinski definition) is 1. The fourth-order valence-electron chi connectivity index (χ4n) is 4.32. The monoisotopic (exact) mass is 372 g/mol. The maximum atomic E-state index is 9.20. The number of aryl methyl sites for hydroxylation is 1. The topological polar surface area (TPSA) is 72.7 Å². The maximum Gasteiger partial charge on any atom is 0.142 e. The van der Waals surface area contributed by atoms with Gasteiger partial charge >= 0.3 is 0 Å². The molecule has 1 radical (unpaired) electrons. The normalized spacial score (nSPS) is 18.5. The van der Waals surface area contributed by atoms with E-state index in [0.29, 0.717) is 5.92 Å². The molecule has 0 atom stereocenters. The summed E-state index contributed by atoms with van der Waals surface area (Å²) in [6, 6.07) is 12.5. The molecule has 0 bridgehead atoms. The summed E-state index contributed by atoms with van der Waals surface area (Å²) in [5, 5.41) is 17.1. The molecule has 0 unspecified atom stereocenters. The lowest BCUT2D eigenvalue weighted by atomic mass is 9.94. The van der Waals surface area contributed by atoms with Crippen molar-refractivity contribution in [3.8, 4) is 22.5 Å². The maximum absolute atomic E-state index is 9.20. The van der Waals surface area contributed by atoms with Crippen LogP contribution in [0.2, 0.25) is 0 Å². The molecule has 5 rings (SSSR count). The van der Waals surface area contributed by atoms with E-state index in [-0.39, 0.29) is 0 Å². The van der Waals surface area contributed by atoms with E-state index in [9.17, 15) is 5.21 Å². The molecule has 1 aliphatic heterocycles. The van der Waals surface area contributed by atoms with Crippen molar-refractivity contribution in [2.24, 2.45) is 5.16 Å². The Morgan fingerprint density at radius 3 is 2.54 bits per heavy atom. The largest absolute Gasteiger partial charge is 0.460 e. The Morgan fingerprint density at radius 2 is 1.75 bits per heavy atom. The molecule has 1 N–H and O–H groups in total. The summed E-state index contributed by atoms with van der Waals surface area (Å²) in [7, 11) is 0. The Labute approximate surface area is 164 Å². The number of aromatic nitrogens is 1. The van der Waals surface area contributed by atoms with E-state index in [1.54, 1.807) is 0 Å². The minimum absolute atomic E-state index is 0.425. The van der Waals surface area contributed by atoms with Gasteiger partial charge < -0.3 is 9.62 Å². The molecule has 5 heteroatoms. The van der Waals surface area contributed by atoms with E-state index < -0.39 is 0 Å². The van der Waals surface area contributed by atoms with Crippen LogP contribution >= 0.6 is 0 Å².